The van der Waals surface area contributed by atoms with E-state index >= 15 is 0 Å². The molecule has 0 aliphatic carbocycles. The summed E-state index contributed by atoms with van der Waals surface area (Å²) in [5, 5.41) is 5.00. The SMILES string of the molecule is Cc1nc(N)sc1C(=O)N/N=C\c1ccc(OCc2cccc(Cl)c2)cc1. The van der Waals surface area contributed by atoms with Gasteiger partial charge in [-0.15, -0.1) is 0 Å². The molecule has 0 radical (unpaired) electrons. The Bertz CT molecular complexity index is 970. The minimum Gasteiger partial charge on any atom is -0.489 e. The molecule has 1 aromatic heterocycles. The van der Waals surface area contributed by atoms with Crippen LogP contribution >= 0.6 is 22.9 Å². The predicted molar refractivity (Wildman–Crippen MR) is 109 cm³/mol. The van der Waals surface area contributed by atoms with E-state index in [0.717, 1.165) is 28.2 Å². The number of nitrogens with one attached hydrogen (secondary N) is 1. The first-order chi connectivity index (χ1) is 13.0. The third-order valence-electron chi connectivity index (χ3n) is 3.57. The molecule has 27 heavy (non-hydrogen) atoms. The lowest BCUT2D eigenvalue weighted by atomic mass is 10.2. The van der Waals surface area contributed by atoms with Crippen LogP contribution in [0.15, 0.2) is 53.6 Å². The van der Waals surface area contributed by atoms with E-state index in [1.165, 1.54) is 0 Å². The zero-order valence-corrected chi connectivity index (χ0v) is 16.1. The Hall–Kier alpha value is -2.90. The number of ether oxygens (including phenoxy) is 1. The largest absolute Gasteiger partial charge is 0.489 e. The Kier molecular flexibility index (Phi) is 6.05. The highest BCUT2D eigenvalue weighted by atomic mass is 35.5. The molecular weight excluding hydrogens is 384 g/mol. The lowest BCUT2D eigenvalue weighted by molar-refractivity contribution is 0.0958. The molecule has 0 atom stereocenters. The Morgan fingerprint density at radius 1 is 1.33 bits per heavy atom. The number of thiazole rings is 1. The van der Waals surface area contributed by atoms with Gasteiger partial charge in [-0.2, -0.15) is 5.10 Å². The van der Waals surface area contributed by atoms with Crippen molar-refractivity contribution < 1.29 is 9.53 Å². The fourth-order valence-electron chi connectivity index (χ4n) is 2.29. The number of aryl methyl sites for hydroxylation is 1. The third kappa shape index (κ3) is 5.29. The molecule has 3 rings (SSSR count). The van der Waals surface area contributed by atoms with Crippen LogP contribution < -0.4 is 15.9 Å². The quantitative estimate of drug-likeness (QED) is 0.483. The molecule has 0 saturated carbocycles. The van der Waals surface area contributed by atoms with Crippen molar-refractivity contribution in [2.24, 2.45) is 5.10 Å². The van der Waals surface area contributed by atoms with E-state index in [1.54, 1.807) is 13.1 Å². The second kappa shape index (κ2) is 8.66. The van der Waals surface area contributed by atoms with Crippen LogP contribution in [-0.4, -0.2) is 17.1 Å². The Labute approximate surface area is 165 Å². The molecule has 8 heteroatoms. The van der Waals surface area contributed by atoms with Crippen LogP contribution in [0.4, 0.5) is 5.13 Å². The van der Waals surface area contributed by atoms with Gasteiger partial charge in [0, 0.05) is 5.02 Å². The van der Waals surface area contributed by atoms with Gasteiger partial charge in [-0.3, -0.25) is 4.79 Å². The maximum Gasteiger partial charge on any atom is 0.283 e. The molecule has 0 fully saturated rings. The first-order valence-corrected chi connectivity index (χ1v) is 9.24. The maximum absolute atomic E-state index is 12.0. The van der Waals surface area contributed by atoms with Crippen LogP contribution in [-0.2, 0) is 6.61 Å². The van der Waals surface area contributed by atoms with Crippen molar-refractivity contribution in [1.29, 1.82) is 0 Å². The summed E-state index contributed by atoms with van der Waals surface area (Å²) in [6.45, 7) is 2.16. The summed E-state index contributed by atoms with van der Waals surface area (Å²) in [5.74, 6) is 0.395. The Balaban J connectivity index is 1.53. The molecule has 0 spiro atoms. The highest BCUT2D eigenvalue weighted by Gasteiger charge is 2.13. The normalized spacial score (nSPS) is 10.9. The minimum atomic E-state index is -0.334. The van der Waals surface area contributed by atoms with Crippen LogP contribution in [0.2, 0.25) is 5.02 Å². The molecule has 0 bridgehead atoms. The summed E-state index contributed by atoms with van der Waals surface area (Å²) in [4.78, 5) is 16.5. The molecule has 3 N–H and O–H groups in total. The van der Waals surface area contributed by atoms with Crippen LogP contribution in [0.25, 0.3) is 0 Å². The molecular formula is C19H17ClN4O2S. The smallest absolute Gasteiger partial charge is 0.283 e. The van der Waals surface area contributed by atoms with E-state index in [9.17, 15) is 4.79 Å². The molecule has 0 aliphatic heterocycles. The average Bonchev–Trinajstić information content (AvgIpc) is 2.99. The van der Waals surface area contributed by atoms with Gasteiger partial charge in [-0.05, 0) is 54.4 Å². The average molecular weight is 401 g/mol. The Morgan fingerprint density at radius 3 is 2.78 bits per heavy atom. The van der Waals surface area contributed by atoms with E-state index in [2.05, 4.69) is 15.5 Å². The molecule has 6 nitrogen and oxygen atoms in total. The fourth-order valence-corrected chi connectivity index (χ4v) is 3.22. The van der Waals surface area contributed by atoms with Crippen molar-refractivity contribution in [3.63, 3.8) is 0 Å². The number of halogens is 1. The highest BCUT2D eigenvalue weighted by molar-refractivity contribution is 7.17. The number of benzene rings is 2. The summed E-state index contributed by atoms with van der Waals surface area (Å²) in [6.07, 6.45) is 1.55. The van der Waals surface area contributed by atoms with Crippen molar-refractivity contribution in [2.45, 2.75) is 13.5 Å². The van der Waals surface area contributed by atoms with Gasteiger partial charge < -0.3 is 10.5 Å². The van der Waals surface area contributed by atoms with Gasteiger partial charge in [-0.25, -0.2) is 10.4 Å². The number of amides is 1. The standard InChI is InChI=1S/C19H17ClN4O2S/c1-12-17(27-19(21)23-12)18(25)24-22-10-13-5-7-16(8-6-13)26-11-14-3-2-4-15(20)9-14/h2-10H,11H2,1H3,(H2,21,23)(H,24,25)/b22-10-. The van der Waals surface area contributed by atoms with Gasteiger partial charge in [0.05, 0.1) is 11.9 Å². The number of hydrogen-bond acceptors (Lipinski definition) is 6. The topological polar surface area (TPSA) is 89.6 Å². The zero-order valence-electron chi connectivity index (χ0n) is 14.5. The second-order valence-corrected chi connectivity index (χ2v) is 7.12. The van der Waals surface area contributed by atoms with E-state index < -0.39 is 0 Å². The molecule has 0 unspecified atom stereocenters. The number of nitrogens with two attached hydrogens (primary N) is 1. The van der Waals surface area contributed by atoms with Gasteiger partial charge in [-0.1, -0.05) is 35.1 Å². The molecule has 1 heterocycles. The molecule has 3 aromatic rings. The summed E-state index contributed by atoms with van der Waals surface area (Å²) in [7, 11) is 0. The van der Waals surface area contributed by atoms with Gasteiger partial charge in [0.1, 0.15) is 17.2 Å². The number of aromatic nitrogens is 1. The molecule has 138 valence electrons. The van der Waals surface area contributed by atoms with Gasteiger partial charge >= 0.3 is 0 Å². The predicted octanol–water partition coefficient (Wildman–Crippen LogP) is 4.03. The Morgan fingerprint density at radius 2 is 2.11 bits per heavy atom. The number of nitrogens with zero attached hydrogens (tertiary/aromatic N) is 2. The fraction of sp³-hybridized carbons (Fsp3) is 0.105. The zero-order chi connectivity index (χ0) is 19.2. The summed E-state index contributed by atoms with van der Waals surface area (Å²) >= 11 is 7.09. The number of nitrogen functional groups attached to an aromatic ring is 1. The van der Waals surface area contributed by atoms with Gasteiger partial charge in [0.15, 0.2) is 5.13 Å². The maximum atomic E-state index is 12.0. The molecule has 1 amide bonds. The van der Waals surface area contributed by atoms with Crippen LogP contribution in [0, 0.1) is 6.92 Å². The van der Waals surface area contributed by atoms with Crippen LogP contribution in [0.3, 0.4) is 0 Å². The first kappa shape index (κ1) is 18.9. The first-order valence-electron chi connectivity index (χ1n) is 8.05. The highest BCUT2D eigenvalue weighted by Crippen LogP contribution is 2.19. The number of hydrazone groups is 1. The van der Waals surface area contributed by atoms with E-state index in [1.807, 2.05) is 48.5 Å². The number of anilines is 1. The number of carbonyl (C=O) groups is 1. The van der Waals surface area contributed by atoms with Crippen molar-refractivity contribution in [3.05, 3.63) is 75.3 Å². The molecule has 0 aliphatic rings. The van der Waals surface area contributed by atoms with Gasteiger partial charge in [0.2, 0.25) is 0 Å². The van der Waals surface area contributed by atoms with Crippen molar-refractivity contribution in [3.8, 4) is 5.75 Å². The van der Waals surface area contributed by atoms with Crippen molar-refractivity contribution in [1.82, 2.24) is 10.4 Å². The summed E-state index contributed by atoms with van der Waals surface area (Å²) in [5.41, 5.74) is 10.5. The minimum absolute atomic E-state index is 0.334. The van der Waals surface area contributed by atoms with Crippen LogP contribution in [0.1, 0.15) is 26.5 Å². The lowest BCUT2D eigenvalue weighted by Gasteiger charge is -2.06. The molecule has 2 aromatic carbocycles. The van der Waals surface area contributed by atoms with E-state index in [4.69, 9.17) is 22.1 Å². The number of carbonyl (C=O) groups excluding carboxylic acids is 1. The number of hydrogen-bond donors (Lipinski definition) is 2. The van der Waals surface area contributed by atoms with Crippen LogP contribution in [0.5, 0.6) is 5.75 Å². The summed E-state index contributed by atoms with van der Waals surface area (Å²) < 4.78 is 5.73. The summed E-state index contributed by atoms with van der Waals surface area (Å²) in [6, 6.07) is 14.9. The number of rotatable bonds is 6. The van der Waals surface area contributed by atoms with E-state index in [-0.39, 0.29) is 5.91 Å². The van der Waals surface area contributed by atoms with Gasteiger partial charge in [0.25, 0.3) is 5.91 Å². The lowest BCUT2D eigenvalue weighted by Crippen LogP contribution is -2.17. The van der Waals surface area contributed by atoms with Crippen molar-refractivity contribution in [2.75, 3.05) is 5.73 Å². The van der Waals surface area contributed by atoms with Crippen molar-refractivity contribution >= 4 is 40.2 Å². The van der Waals surface area contributed by atoms with E-state index in [0.29, 0.717) is 27.3 Å². The third-order valence-corrected chi connectivity index (χ3v) is 4.79. The molecule has 0 saturated heterocycles. The second-order valence-electron chi connectivity index (χ2n) is 5.65. The monoisotopic (exact) mass is 400 g/mol.